The molecule has 12 rings (SSSR count). The van der Waals surface area contributed by atoms with E-state index in [1.807, 2.05) is 121 Å². The van der Waals surface area contributed by atoms with Gasteiger partial charge in [0.15, 0.2) is 17.5 Å². The minimum absolute atomic E-state index is 0.00329. The number of thiophene rings is 1. The molecule has 5 heteroatoms. The summed E-state index contributed by atoms with van der Waals surface area (Å²) in [6.07, 6.45) is 0. The second-order valence-corrected chi connectivity index (χ2v) is 16.0. The van der Waals surface area contributed by atoms with Crippen LogP contribution in [0.4, 0.5) is 0 Å². The van der Waals surface area contributed by atoms with Gasteiger partial charge in [-0.1, -0.05) is 182 Å². The van der Waals surface area contributed by atoms with E-state index >= 15 is 0 Å². The highest BCUT2D eigenvalue weighted by Crippen LogP contribution is 2.43. The van der Waals surface area contributed by atoms with Gasteiger partial charge in [-0.25, -0.2) is 15.0 Å². The van der Waals surface area contributed by atoms with E-state index < -0.39 is 48.3 Å². The van der Waals surface area contributed by atoms with E-state index in [0.717, 1.165) is 60.0 Å². The Morgan fingerprint density at radius 2 is 0.887 bits per heavy atom. The van der Waals surface area contributed by atoms with Gasteiger partial charge in [0.1, 0.15) is 0 Å². The lowest BCUT2D eigenvalue weighted by Crippen LogP contribution is -2.04. The number of benzene rings is 9. The first-order valence-electron chi connectivity index (χ1n) is 24.2. The Morgan fingerprint density at radius 1 is 0.371 bits per heavy atom. The maximum absolute atomic E-state index is 9.35. The van der Waals surface area contributed by atoms with Crippen molar-refractivity contribution < 1.29 is 11.0 Å². The van der Waals surface area contributed by atoms with Crippen molar-refractivity contribution in [2.75, 3.05) is 0 Å². The van der Waals surface area contributed by atoms with Gasteiger partial charge >= 0.3 is 0 Å². The van der Waals surface area contributed by atoms with Crippen molar-refractivity contribution in [1.29, 1.82) is 0 Å². The molecule has 0 aliphatic rings. The van der Waals surface area contributed by atoms with Crippen LogP contribution in [0.15, 0.2) is 218 Å². The predicted molar refractivity (Wildman–Crippen MR) is 260 cm³/mol. The molecular formula is C57H36N4S. The molecule has 4 nitrogen and oxygen atoms in total. The summed E-state index contributed by atoms with van der Waals surface area (Å²) in [5.74, 6) is 1.00. The number of para-hydroxylation sites is 2. The first-order chi connectivity index (χ1) is 34.0. The maximum Gasteiger partial charge on any atom is 0.166 e. The SMILES string of the molecule is [2H]c1c([2H])c([2H])c2c(c1[2H])c1c([2H])c([2H])c([2H])c([2H])c1n2-c1ccc(-c2ccc3sc4c(-c5ccccc5)cccc4c3c2)cc1-c1nc(-c2ccccc2)nc(-c2ccc(-c3ccccc3)cc2)n1. The Morgan fingerprint density at radius 3 is 1.56 bits per heavy atom. The van der Waals surface area contributed by atoms with E-state index in [2.05, 4.69) is 48.5 Å². The van der Waals surface area contributed by atoms with Crippen molar-refractivity contribution in [3.05, 3.63) is 218 Å². The molecule has 0 amide bonds. The zero-order valence-corrected chi connectivity index (χ0v) is 33.7. The van der Waals surface area contributed by atoms with E-state index in [1.54, 1.807) is 11.3 Å². The summed E-state index contributed by atoms with van der Waals surface area (Å²) in [5.41, 5.74) is 8.27. The van der Waals surface area contributed by atoms with Crippen LogP contribution in [0.5, 0.6) is 0 Å². The summed E-state index contributed by atoms with van der Waals surface area (Å²) >= 11 is 1.74. The van der Waals surface area contributed by atoms with E-state index in [4.69, 9.17) is 23.2 Å². The minimum atomic E-state index is -0.514. The largest absolute Gasteiger partial charge is 0.309 e. The molecule has 0 spiro atoms. The van der Waals surface area contributed by atoms with Crippen LogP contribution >= 0.6 is 11.3 Å². The van der Waals surface area contributed by atoms with E-state index in [1.165, 1.54) is 9.27 Å². The van der Waals surface area contributed by atoms with Crippen LogP contribution < -0.4 is 0 Å². The lowest BCUT2D eigenvalue weighted by Gasteiger charge is -2.16. The van der Waals surface area contributed by atoms with Gasteiger partial charge in [-0.15, -0.1) is 11.3 Å². The normalized spacial score (nSPS) is 13.4. The number of nitrogens with zero attached hydrogens (tertiary/aromatic N) is 4. The van der Waals surface area contributed by atoms with Gasteiger partial charge in [0.2, 0.25) is 0 Å². The molecule has 0 bridgehead atoms. The quantitative estimate of drug-likeness (QED) is 0.161. The minimum Gasteiger partial charge on any atom is -0.309 e. The predicted octanol–water partition coefficient (Wildman–Crippen LogP) is 15.3. The third-order valence-corrected chi connectivity index (χ3v) is 12.6. The van der Waals surface area contributed by atoms with Crippen molar-refractivity contribution in [2.24, 2.45) is 0 Å². The van der Waals surface area contributed by atoms with Crippen molar-refractivity contribution in [3.63, 3.8) is 0 Å². The van der Waals surface area contributed by atoms with E-state index in [9.17, 15) is 2.74 Å². The highest BCUT2D eigenvalue weighted by molar-refractivity contribution is 7.26. The molecule has 0 saturated carbocycles. The molecule has 0 saturated heterocycles. The molecule has 0 atom stereocenters. The fourth-order valence-electron chi connectivity index (χ4n) is 8.36. The van der Waals surface area contributed by atoms with Crippen LogP contribution in [0.25, 0.3) is 115 Å². The van der Waals surface area contributed by atoms with Gasteiger partial charge in [-0.2, -0.15) is 0 Å². The van der Waals surface area contributed by atoms with E-state index in [0.29, 0.717) is 22.9 Å². The molecule has 0 N–H and O–H groups in total. The van der Waals surface area contributed by atoms with Crippen LogP contribution in [0.2, 0.25) is 0 Å². The van der Waals surface area contributed by atoms with Crippen LogP contribution in [0, 0.1) is 0 Å². The Hall–Kier alpha value is -7.99. The third kappa shape index (κ3) is 6.18. The Bertz CT molecular complexity index is 4010. The topological polar surface area (TPSA) is 43.6 Å². The summed E-state index contributed by atoms with van der Waals surface area (Å²) < 4.78 is 75.8. The van der Waals surface area contributed by atoms with Gasteiger partial charge < -0.3 is 4.57 Å². The molecule has 3 aromatic heterocycles. The zero-order valence-electron chi connectivity index (χ0n) is 40.9. The average Bonchev–Trinajstić information content (AvgIpc) is 3.98. The van der Waals surface area contributed by atoms with Gasteiger partial charge in [0.05, 0.1) is 27.7 Å². The summed E-state index contributed by atoms with van der Waals surface area (Å²) in [7, 11) is 0. The first kappa shape index (κ1) is 28.5. The molecule has 12 aromatic rings. The average molecular weight is 817 g/mol. The van der Waals surface area contributed by atoms with Crippen LogP contribution in [-0.2, 0) is 0 Å². The first-order valence-corrected chi connectivity index (χ1v) is 21.0. The van der Waals surface area contributed by atoms with Gasteiger partial charge in [0, 0.05) is 47.6 Å². The molecule has 62 heavy (non-hydrogen) atoms. The molecule has 0 unspecified atom stereocenters. The van der Waals surface area contributed by atoms with Crippen LogP contribution in [0.1, 0.15) is 11.0 Å². The molecule has 0 fully saturated rings. The lowest BCUT2D eigenvalue weighted by molar-refractivity contribution is 1.06. The highest BCUT2D eigenvalue weighted by Gasteiger charge is 2.21. The molecule has 0 aliphatic heterocycles. The fourth-order valence-corrected chi connectivity index (χ4v) is 9.58. The number of aromatic nitrogens is 4. The maximum atomic E-state index is 9.35. The zero-order chi connectivity index (χ0) is 47.9. The van der Waals surface area contributed by atoms with Crippen molar-refractivity contribution >= 4 is 53.3 Å². The summed E-state index contributed by atoms with van der Waals surface area (Å²) in [4.78, 5) is 15.4. The van der Waals surface area contributed by atoms with Gasteiger partial charge in [-0.05, 0) is 69.7 Å². The Balaban J connectivity index is 1.15. The van der Waals surface area contributed by atoms with Crippen LogP contribution in [0.3, 0.4) is 0 Å². The van der Waals surface area contributed by atoms with Gasteiger partial charge in [0.25, 0.3) is 0 Å². The molecule has 0 radical (unpaired) electrons. The van der Waals surface area contributed by atoms with Crippen molar-refractivity contribution in [1.82, 2.24) is 19.5 Å². The summed E-state index contributed by atoms with van der Waals surface area (Å²) in [5, 5.41) is 2.17. The standard InChI is InChI=1S/C57H36N4S/c1-4-15-37(16-5-1)38-27-29-41(30-28-38)56-58-55(40-19-8-3-9-20-40)59-57(60-56)49-36-42(31-33-52(49)61-50-25-12-10-21-45(50)46-22-11-13-26-51(46)61)43-32-34-53-48(35-43)47-24-14-23-44(54(47)62-53)39-17-6-2-7-18-39/h1-36H/i10D,11D,12D,13D,21D,22D,25D,26D. The molecule has 290 valence electrons. The number of hydrogen-bond donors (Lipinski definition) is 0. The highest BCUT2D eigenvalue weighted by atomic mass is 32.1. The second-order valence-electron chi connectivity index (χ2n) is 15.0. The summed E-state index contributed by atoms with van der Waals surface area (Å²) in [6.45, 7) is 0. The Labute approximate surface area is 374 Å². The smallest absolute Gasteiger partial charge is 0.166 e. The molecule has 9 aromatic carbocycles. The lowest BCUT2D eigenvalue weighted by atomic mass is 9.98. The Kier molecular flexibility index (Phi) is 6.86. The molecular weight excluding hydrogens is 773 g/mol. The second kappa shape index (κ2) is 14.9. The molecule has 0 aliphatic carbocycles. The van der Waals surface area contributed by atoms with Gasteiger partial charge in [-0.3, -0.25) is 0 Å². The fraction of sp³-hybridized carbons (Fsp3) is 0. The van der Waals surface area contributed by atoms with Crippen LogP contribution in [-0.4, -0.2) is 19.5 Å². The third-order valence-electron chi connectivity index (χ3n) is 11.3. The van der Waals surface area contributed by atoms with Crippen molar-refractivity contribution in [3.8, 4) is 73.2 Å². The van der Waals surface area contributed by atoms with Crippen molar-refractivity contribution in [2.45, 2.75) is 0 Å². The molecule has 3 heterocycles. The monoisotopic (exact) mass is 816 g/mol. The number of fused-ring (bicyclic) bond motifs is 6. The van der Waals surface area contributed by atoms with E-state index in [-0.39, 0.29) is 27.6 Å². The number of rotatable bonds is 7. The summed E-state index contributed by atoms with van der Waals surface area (Å²) in [6, 6.07) is 52.8. The number of hydrogen-bond acceptors (Lipinski definition) is 4.